The standard InChI is InChI=1S/C11H15N7OS/c1-2-18-6-13-15-8(18)5-12-10(19)14-11-17-16-9(20-11)7-3-4-7/h6-7H,2-5H2,1H3,(H2,12,14,17,19). The fraction of sp³-hybridized carbons (Fsp3) is 0.545. The van der Waals surface area contributed by atoms with E-state index in [2.05, 4.69) is 31.0 Å². The number of aryl methyl sites for hydroxylation is 1. The Hall–Kier alpha value is -2.03. The maximum absolute atomic E-state index is 11.8. The van der Waals surface area contributed by atoms with Gasteiger partial charge in [-0.25, -0.2) is 4.79 Å². The molecule has 106 valence electrons. The fourth-order valence-corrected chi connectivity index (χ4v) is 2.67. The van der Waals surface area contributed by atoms with Crippen LogP contribution >= 0.6 is 11.3 Å². The highest BCUT2D eigenvalue weighted by atomic mass is 32.1. The third-order valence-corrected chi connectivity index (χ3v) is 4.03. The lowest BCUT2D eigenvalue weighted by atomic mass is 10.5. The third-order valence-electron chi connectivity index (χ3n) is 3.03. The predicted molar refractivity (Wildman–Crippen MR) is 73.4 cm³/mol. The van der Waals surface area contributed by atoms with Crippen LogP contribution in [0.1, 0.15) is 36.5 Å². The summed E-state index contributed by atoms with van der Waals surface area (Å²) in [6.07, 6.45) is 3.99. The second-order valence-electron chi connectivity index (χ2n) is 4.56. The Morgan fingerprint density at radius 2 is 2.30 bits per heavy atom. The summed E-state index contributed by atoms with van der Waals surface area (Å²) in [6, 6.07) is -0.311. The molecule has 0 radical (unpaired) electrons. The van der Waals surface area contributed by atoms with Gasteiger partial charge in [-0.05, 0) is 19.8 Å². The van der Waals surface area contributed by atoms with E-state index in [1.807, 2.05) is 11.5 Å². The number of nitrogens with zero attached hydrogens (tertiary/aromatic N) is 5. The first-order valence-electron chi connectivity index (χ1n) is 6.51. The number of rotatable bonds is 5. The molecule has 0 bridgehead atoms. The summed E-state index contributed by atoms with van der Waals surface area (Å²) in [4.78, 5) is 11.8. The lowest BCUT2D eigenvalue weighted by molar-refractivity contribution is 0.251. The maximum atomic E-state index is 11.8. The highest BCUT2D eigenvalue weighted by Crippen LogP contribution is 2.41. The smallest absolute Gasteiger partial charge is 0.321 e. The van der Waals surface area contributed by atoms with E-state index in [1.54, 1.807) is 6.33 Å². The number of hydrogen-bond donors (Lipinski definition) is 2. The summed E-state index contributed by atoms with van der Waals surface area (Å²) in [5, 5.41) is 22.7. The van der Waals surface area contributed by atoms with E-state index in [4.69, 9.17) is 0 Å². The highest BCUT2D eigenvalue weighted by Gasteiger charge is 2.27. The van der Waals surface area contributed by atoms with Crippen LogP contribution in [0.3, 0.4) is 0 Å². The zero-order valence-corrected chi connectivity index (χ0v) is 11.9. The minimum absolute atomic E-state index is 0.311. The molecule has 0 spiro atoms. The van der Waals surface area contributed by atoms with E-state index in [9.17, 15) is 4.79 Å². The Balaban J connectivity index is 1.51. The second-order valence-corrected chi connectivity index (χ2v) is 5.57. The lowest BCUT2D eigenvalue weighted by Crippen LogP contribution is -2.29. The number of urea groups is 1. The van der Waals surface area contributed by atoms with Crippen LogP contribution in [-0.4, -0.2) is 31.0 Å². The molecule has 3 rings (SSSR count). The van der Waals surface area contributed by atoms with E-state index in [0.29, 0.717) is 17.6 Å². The molecule has 8 nitrogen and oxygen atoms in total. The van der Waals surface area contributed by atoms with Crippen LogP contribution in [-0.2, 0) is 13.1 Å². The first kappa shape index (κ1) is 13.0. The van der Waals surface area contributed by atoms with Gasteiger partial charge < -0.3 is 9.88 Å². The van der Waals surface area contributed by atoms with Crippen molar-refractivity contribution in [1.82, 2.24) is 30.3 Å². The van der Waals surface area contributed by atoms with Gasteiger partial charge in [0.1, 0.15) is 11.3 Å². The molecular formula is C11H15N7OS. The highest BCUT2D eigenvalue weighted by molar-refractivity contribution is 7.15. The van der Waals surface area contributed by atoms with Gasteiger partial charge in [0, 0.05) is 12.5 Å². The lowest BCUT2D eigenvalue weighted by Gasteiger charge is -2.05. The molecule has 2 heterocycles. The number of aromatic nitrogens is 5. The van der Waals surface area contributed by atoms with Crippen molar-refractivity contribution in [3.63, 3.8) is 0 Å². The SMILES string of the molecule is CCn1cnnc1CNC(=O)Nc1nnc(C2CC2)s1. The average molecular weight is 293 g/mol. The van der Waals surface area contributed by atoms with Gasteiger partial charge in [-0.2, -0.15) is 0 Å². The van der Waals surface area contributed by atoms with Gasteiger partial charge in [-0.3, -0.25) is 5.32 Å². The van der Waals surface area contributed by atoms with Crippen molar-refractivity contribution in [3.8, 4) is 0 Å². The van der Waals surface area contributed by atoms with Crippen molar-refractivity contribution in [3.05, 3.63) is 17.2 Å². The van der Waals surface area contributed by atoms with Crippen LogP contribution in [0.25, 0.3) is 0 Å². The molecule has 1 fully saturated rings. The molecule has 0 atom stereocenters. The van der Waals surface area contributed by atoms with Gasteiger partial charge in [0.15, 0.2) is 5.82 Å². The van der Waals surface area contributed by atoms with Crippen molar-refractivity contribution < 1.29 is 4.79 Å². The summed E-state index contributed by atoms with van der Waals surface area (Å²) >= 11 is 1.44. The number of anilines is 1. The zero-order chi connectivity index (χ0) is 13.9. The quantitative estimate of drug-likeness (QED) is 0.867. The fourth-order valence-electron chi connectivity index (χ4n) is 1.76. The first-order valence-corrected chi connectivity index (χ1v) is 7.33. The summed E-state index contributed by atoms with van der Waals surface area (Å²) in [5.74, 6) is 1.27. The van der Waals surface area contributed by atoms with Crippen molar-refractivity contribution >= 4 is 22.5 Å². The van der Waals surface area contributed by atoms with E-state index < -0.39 is 0 Å². The summed E-state index contributed by atoms with van der Waals surface area (Å²) < 4.78 is 1.87. The number of carbonyl (C=O) groups excluding carboxylic acids is 1. The molecule has 0 aromatic carbocycles. The Morgan fingerprint density at radius 1 is 1.45 bits per heavy atom. The first-order chi connectivity index (χ1) is 9.76. The van der Waals surface area contributed by atoms with E-state index in [1.165, 1.54) is 24.2 Å². The number of hydrogen-bond acceptors (Lipinski definition) is 6. The Bertz CT molecular complexity index is 603. The molecule has 9 heteroatoms. The average Bonchev–Trinajstić information content (AvgIpc) is 3.02. The Morgan fingerprint density at radius 3 is 3.05 bits per heavy atom. The largest absolute Gasteiger partial charge is 0.331 e. The number of carbonyl (C=O) groups is 1. The van der Waals surface area contributed by atoms with Crippen LogP contribution in [0.15, 0.2) is 6.33 Å². The molecule has 20 heavy (non-hydrogen) atoms. The van der Waals surface area contributed by atoms with Crippen molar-refractivity contribution in [2.24, 2.45) is 0 Å². The van der Waals surface area contributed by atoms with Crippen LogP contribution in [0.5, 0.6) is 0 Å². The molecule has 1 saturated carbocycles. The topological polar surface area (TPSA) is 97.6 Å². The summed E-state index contributed by atoms with van der Waals surface area (Å²) in [6.45, 7) is 3.09. The number of nitrogens with one attached hydrogen (secondary N) is 2. The van der Waals surface area contributed by atoms with Crippen LogP contribution in [0.4, 0.5) is 9.93 Å². The third kappa shape index (κ3) is 2.93. The molecule has 0 aliphatic heterocycles. The molecule has 2 aromatic rings. The van der Waals surface area contributed by atoms with Gasteiger partial charge in [-0.15, -0.1) is 20.4 Å². The minimum Gasteiger partial charge on any atom is -0.331 e. The minimum atomic E-state index is -0.311. The van der Waals surface area contributed by atoms with E-state index in [0.717, 1.165) is 17.4 Å². The molecule has 2 N–H and O–H groups in total. The molecule has 1 aliphatic carbocycles. The van der Waals surface area contributed by atoms with Gasteiger partial charge in [0.25, 0.3) is 0 Å². The van der Waals surface area contributed by atoms with Crippen molar-refractivity contribution in [1.29, 1.82) is 0 Å². The molecule has 0 saturated heterocycles. The van der Waals surface area contributed by atoms with E-state index >= 15 is 0 Å². The molecule has 2 aromatic heterocycles. The van der Waals surface area contributed by atoms with Crippen LogP contribution < -0.4 is 10.6 Å². The maximum Gasteiger partial charge on any atom is 0.321 e. The van der Waals surface area contributed by atoms with Gasteiger partial charge in [0.2, 0.25) is 5.13 Å². The normalized spacial score (nSPS) is 14.2. The summed E-state index contributed by atoms with van der Waals surface area (Å²) in [7, 11) is 0. The zero-order valence-electron chi connectivity index (χ0n) is 11.0. The van der Waals surface area contributed by atoms with Gasteiger partial charge >= 0.3 is 6.03 Å². The van der Waals surface area contributed by atoms with Crippen molar-refractivity contribution in [2.75, 3.05) is 5.32 Å². The molecular weight excluding hydrogens is 278 g/mol. The Labute approximate surface area is 119 Å². The van der Waals surface area contributed by atoms with Gasteiger partial charge in [-0.1, -0.05) is 11.3 Å². The monoisotopic (exact) mass is 293 g/mol. The number of amides is 2. The summed E-state index contributed by atoms with van der Waals surface area (Å²) in [5.41, 5.74) is 0. The predicted octanol–water partition coefficient (Wildman–Crippen LogP) is 1.35. The molecule has 0 unspecified atom stereocenters. The van der Waals surface area contributed by atoms with Crippen molar-refractivity contribution in [2.45, 2.75) is 38.8 Å². The van der Waals surface area contributed by atoms with E-state index in [-0.39, 0.29) is 6.03 Å². The van der Waals surface area contributed by atoms with Crippen LogP contribution in [0.2, 0.25) is 0 Å². The second kappa shape index (κ2) is 5.53. The van der Waals surface area contributed by atoms with Crippen LogP contribution in [0, 0.1) is 0 Å². The Kier molecular flexibility index (Phi) is 3.59. The van der Waals surface area contributed by atoms with Gasteiger partial charge in [0.05, 0.1) is 6.54 Å². The molecule has 2 amide bonds. The molecule has 1 aliphatic rings.